The number of nitrogens with zero attached hydrogens (tertiary/aromatic N) is 4. The molecule has 0 fully saturated rings. The number of likely N-dealkylation sites (N-methyl/N-ethyl adjacent to an activating group) is 1. The molecule has 0 saturated heterocycles. The summed E-state index contributed by atoms with van der Waals surface area (Å²) in [6.45, 7) is 7.24. The van der Waals surface area contributed by atoms with E-state index in [4.69, 9.17) is 10.5 Å². The Morgan fingerprint density at radius 1 is 1.23 bits per heavy atom. The number of hydrogen-bond acceptors (Lipinski definition) is 8. The fraction of sp³-hybridized carbons (Fsp3) is 0.429. The van der Waals surface area contributed by atoms with Gasteiger partial charge in [0.2, 0.25) is 5.91 Å². The molecule has 30 heavy (non-hydrogen) atoms. The van der Waals surface area contributed by atoms with Crippen LogP contribution >= 0.6 is 0 Å². The van der Waals surface area contributed by atoms with E-state index >= 15 is 0 Å². The Bertz CT molecular complexity index is 836. The Morgan fingerprint density at radius 3 is 2.67 bits per heavy atom. The third-order valence-electron chi connectivity index (χ3n) is 4.14. The van der Waals surface area contributed by atoms with E-state index < -0.39 is 5.91 Å². The van der Waals surface area contributed by atoms with Gasteiger partial charge in [-0.05, 0) is 38.1 Å². The van der Waals surface area contributed by atoms with Crippen molar-refractivity contribution in [3.8, 4) is 6.01 Å². The second kappa shape index (κ2) is 12.4. The van der Waals surface area contributed by atoms with Gasteiger partial charge in [0.25, 0.3) is 0 Å². The number of primary amides is 1. The standard InChI is InChI=1S/C21H31N7O2/c1-4-10-28(11-5-2)19-14-18(25-21(26-19)30-12-9-23-3)15-24-27-17-8-6-7-16(13-17)20(22)29/h6-8,13-15,23,27H,4-5,9-12H2,1-3H3,(H2,22,29)/b24-15+. The maximum absolute atomic E-state index is 11.3. The lowest BCUT2D eigenvalue weighted by Crippen LogP contribution is -2.26. The van der Waals surface area contributed by atoms with Crippen LogP contribution in [0.3, 0.4) is 0 Å². The Hall–Kier alpha value is -3.20. The summed E-state index contributed by atoms with van der Waals surface area (Å²) in [5, 5.41) is 7.27. The Labute approximate surface area is 177 Å². The van der Waals surface area contributed by atoms with Crippen LogP contribution in [0.2, 0.25) is 0 Å². The molecule has 1 aromatic carbocycles. The number of ether oxygens (including phenoxy) is 1. The molecule has 0 radical (unpaired) electrons. The van der Waals surface area contributed by atoms with Crippen molar-refractivity contribution in [1.29, 1.82) is 0 Å². The summed E-state index contributed by atoms with van der Waals surface area (Å²) in [6.07, 6.45) is 3.63. The highest BCUT2D eigenvalue weighted by Gasteiger charge is 2.11. The molecule has 0 bridgehead atoms. The van der Waals surface area contributed by atoms with Crippen molar-refractivity contribution in [3.05, 3.63) is 41.6 Å². The molecule has 0 aliphatic heterocycles. The largest absolute Gasteiger partial charge is 0.462 e. The fourth-order valence-corrected chi connectivity index (χ4v) is 2.76. The molecular formula is C21H31N7O2. The number of nitrogens with two attached hydrogens (primary N) is 1. The highest BCUT2D eigenvalue weighted by molar-refractivity contribution is 5.93. The van der Waals surface area contributed by atoms with Crippen LogP contribution < -0.4 is 26.1 Å². The molecule has 0 aliphatic rings. The van der Waals surface area contributed by atoms with Gasteiger partial charge in [0.05, 0.1) is 17.6 Å². The van der Waals surface area contributed by atoms with Gasteiger partial charge < -0.3 is 20.7 Å². The van der Waals surface area contributed by atoms with E-state index in [-0.39, 0.29) is 0 Å². The molecule has 2 aromatic rings. The van der Waals surface area contributed by atoms with Gasteiger partial charge in [0, 0.05) is 31.3 Å². The summed E-state index contributed by atoms with van der Waals surface area (Å²) in [4.78, 5) is 22.5. The highest BCUT2D eigenvalue weighted by Crippen LogP contribution is 2.17. The maximum atomic E-state index is 11.3. The molecule has 9 heteroatoms. The van der Waals surface area contributed by atoms with Crippen molar-refractivity contribution in [1.82, 2.24) is 15.3 Å². The number of carbonyl (C=O) groups excluding carboxylic acids is 1. The first-order valence-corrected chi connectivity index (χ1v) is 10.2. The molecular weight excluding hydrogens is 382 g/mol. The number of hydrogen-bond donors (Lipinski definition) is 3. The van der Waals surface area contributed by atoms with Crippen molar-refractivity contribution >= 4 is 23.6 Å². The second-order valence-electron chi connectivity index (χ2n) is 6.69. The van der Waals surface area contributed by atoms with Crippen LogP contribution in [0.1, 0.15) is 42.7 Å². The number of carbonyl (C=O) groups is 1. The average Bonchev–Trinajstić information content (AvgIpc) is 2.74. The quantitative estimate of drug-likeness (QED) is 0.262. The zero-order valence-corrected chi connectivity index (χ0v) is 17.9. The van der Waals surface area contributed by atoms with Crippen molar-refractivity contribution in [2.75, 3.05) is 43.6 Å². The number of anilines is 2. The van der Waals surface area contributed by atoms with Gasteiger partial charge in [0.15, 0.2) is 0 Å². The monoisotopic (exact) mass is 413 g/mol. The number of aromatic nitrogens is 2. The number of rotatable bonds is 13. The molecule has 9 nitrogen and oxygen atoms in total. The van der Waals surface area contributed by atoms with Gasteiger partial charge in [-0.15, -0.1) is 0 Å². The van der Waals surface area contributed by atoms with Crippen LogP contribution in [0.25, 0.3) is 0 Å². The molecule has 1 heterocycles. The summed E-state index contributed by atoms with van der Waals surface area (Å²) in [5.41, 5.74) is 9.90. The van der Waals surface area contributed by atoms with Gasteiger partial charge in [-0.2, -0.15) is 15.1 Å². The van der Waals surface area contributed by atoms with Crippen molar-refractivity contribution in [3.63, 3.8) is 0 Å². The number of amides is 1. The van der Waals surface area contributed by atoms with Crippen LogP contribution in [0.5, 0.6) is 6.01 Å². The third-order valence-corrected chi connectivity index (χ3v) is 4.14. The summed E-state index contributed by atoms with van der Waals surface area (Å²) in [6, 6.07) is 9.03. The molecule has 0 aliphatic carbocycles. The predicted molar refractivity (Wildman–Crippen MR) is 120 cm³/mol. The highest BCUT2D eigenvalue weighted by atomic mass is 16.5. The van der Waals surface area contributed by atoms with Crippen molar-refractivity contribution in [2.45, 2.75) is 26.7 Å². The lowest BCUT2D eigenvalue weighted by atomic mass is 10.2. The number of benzene rings is 1. The summed E-state index contributed by atoms with van der Waals surface area (Å²) < 4.78 is 5.70. The molecule has 0 spiro atoms. The Kier molecular flexibility index (Phi) is 9.53. The first-order chi connectivity index (χ1) is 14.6. The Morgan fingerprint density at radius 2 is 2.00 bits per heavy atom. The molecule has 1 aromatic heterocycles. The van der Waals surface area contributed by atoms with Gasteiger partial charge in [0.1, 0.15) is 12.4 Å². The summed E-state index contributed by atoms with van der Waals surface area (Å²) in [7, 11) is 1.86. The molecule has 0 saturated carbocycles. The first-order valence-electron chi connectivity index (χ1n) is 10.2. The van der Waals surface area contributed by atoms with Crippen LogP contribution in [0.4, 0.5) is 11.5 Å². The average molecular weight is 414 g/mol. The van der Waals surface area contributed by atoms with E-state index in [2.05, 4.69) is 44.6 Å². The lowest BCUT2D eigenvalue weighted by molar-refractivity contribution is 0.100. The minimum Gasteiger partial charge on any atom is -0.462 e. The van der Waals surface area contributed by atoms with Gasteiger partial charge in [-0.25, -0.2) is 0 Å². The number of hydrazone groups is 1. The SMILES string of the molecule is CCCN(CCC)c1cc(/C=N/Nc2cccc(C(N)=O)c2)nc(OCCNC)n1. The molecule has 0 atom stereocenters. The zero-order valence-electron chi connectivity index (χ0n) is 17.9. The van der Waals surface area contributed by atoms with Crippen molar-refractivity contribution < 1.29 is 9.53 Å². The summed E-state index contributed by atoms with van der Waals surface area (Å²) >= 11 is 0. The van der Waals surface area contributed by atoms with Crippen LogP contribution in [-0.2, 0) is 0 Å². The minimum absolute atomic E-state index is 0.317. The fourth-order valence-electron chi connectivity index (χ4n) is 2.76. The number of nitrogens with one attached hydrogen (secondary N) is 2. The minimum atomic E-state index is -0.488. The van der Waals surface area contributed by atoms with E-state index in [0.29, 0.717) is 36.1 Å². The van der Waals surface area contributed by atoms with E-state index in [0.717, 1.165) is 31.7 Å². The van der Waals surface area contributed by atoms with Crippen LogP contribution in [0, 0.1) is 0 Å². The third kappa shape index (κ3) is 7.32. The van der Waals surface area contributed by atoms with Gasteiger partial charge in [-0.1, -0.05) is 19.9 Å². The van der Waals surface area contributed by atoms with Crippen molar-refractivity contribution in [2.24, 2.45) is 10.8 Å². The second-order valence-corrected chi connectivity index (χ2v) is 6.69. The predicted octanol–water partition coefficient (Wildman–Crippen LogP) is 2.25. The van der Waals surface area contributed by atoms with Crippen LogP contribution in [-0.4, -0.2) is 55.4 Å². The zero-order chi connectivity index (χ0) is 21.8. The molecule has 162 valence electrons. The van der Waals surface area contributed by atoms with Gasteiger partial charge >= 0.3 is 6.01 Å². The normalized spacial score (nSPS) is 10.9. The molecule has 1 amide bonds. The topological polar surface area (TPSA) is 118 Å². The van der Waals surface area contributed by atoms with E-state index in [1.165, 1.54) is 0 Å². The summed E-state index contributed by atoms with van der Waals surface area (Å²) in [5.74, 6) is 0.323. The molecule has 4 N–H and O–H groups in total. The Balaban J connectivity index is 2.22. The molecule has 2 rings (SSSR count). The lowest BCUT2D eigenvalue weighted by Gasteiger charge is -2.23. The van der Waals surface area contributed by atoms with E-state index in [1.54, 1.807) is 30.5 Å². The van der Waals surface area contributed by atoms with E-state index in [9.17, 15) is 4.79 Å². The smallest absolute Gasteiger partial charge is 0.319 e. The molecule has 0 unspecified atom stereocenters. The van der Waals surface area contributed by atoms with Gasteiger partial charge in [-0.3, -0.25) is 10.2 Å². The van der Waals surface area contributed by atoms with Crippen LogP contribution in [0.15, 0.2) is 35.4 Å². The first kappa shape index (κ1) is 23.1. The maximum Gasteiger partial charge on any atom is 0.319 e. The van der Waals surface area contributed by atoms with E-state index in [1.807, 2.05) is 13.1 Å².